The predicted octanol–water partition coefficient (Wildman–Crippen LogP) is 2.31. The van der Waals surface area contributed by atoms with E-state index in [1.54, 1.807) is 18.2 Å². The van der Waals surface area contributed by atoms with Gasteiger partial charge in [0, 0.05) is 26.1 Å². The Bertz CT molecular complexity index is 589. The number of rotatable bonds is 3. The van der Waals surface area contributed by atoms with Crippen molar-refractivity contribution in [2.45, 2.75) is 38.5 Å². The van der Waals surface area contributed by atoms with E-state index in [2.05, 4.69) is 0 Å². The summed E-state index contributed by atoms with van der Waals surface area (Å²) in [6, 6.07) is 5.25. The number of carbonyl (C=O) groups is 2. The van der Waals surface area contributed by atoms with E-state index in [0.29, 0.717) is 24.5 Å². The predicted molar refractivity (Wildman–Crippen MR) is 85.0 cm³/mol. The molecule has 1 aliphatic heterocycles. The summed E-state index contributed by atoms with van der Waals surface area (Å²) in [6.07, 6.45) is 2.90. The van der Waals surface area contributed by atoms with Gasteiger partial charge in [0.15, 0.2) is 0 Å². The van der Waals surface area contributed by atoms with Crippen molar-refractivity contribution in [1.82, 2.24) is 0 Å². The Morgan fingerprint density at radius 2 is 1.74 bits per heavy atom. The van der Waals surface area contributed by atoms with Crippen LogP contribution in [-0.2, 0) is 14.3 Å². The standard InChI is InChI=1S/C18H23NO4/c1-11-8-14(23-19)2-3-15(11)18-16(20)9-13(10-17(18)21)12-4-6-22-7-5-12/h2-3,8,12-13,18H,4-7,9-10,19H2,1H3. The average Bonchev–Trinajstić information content (AvgIpc) is 2.56. The minimum Gasteiger partial charge on any atom is -0.412 e. The zero-order valence-corrected chi connectivity index (χ0v) is 13.4. The third-order valence-corrected chi connectivity index (χ3v) is 5.19. The van der Waals surface area contributed by atoms with Crippen molar-refractivity contribution < 1.29 is 19.2 Å². The first-order chi connectivity index (χ1) is 11.1. The van der Waals surface area contributed by atoms with Crippen molar-refractivity contribution in [3.8, 4) is 5.75 Å². The van der Waals surface area contributed by atoms with Crippen molar-refractivity contribution in [2.24, 2.45) is 17.7 Å². The maximum absolute atomic E-state index is 12.7. The van der Waals surface area contributed by atoms with Gasteiger partial charge in [0.25, 0.3) is 0 Å². The lowest BCUT2D eigenvalue weighted by Crippen LogP contribution is -2.36. The Morgan fingerprint density at radius 3 is 2.30 bits per heavy atom. The molecular weight excluding hydrogens is 294 g/mol. The van der Waals surface area contributed by atoms with E-state index in [4.69, 9.17) is 15.5 Å². The summed E-state index contributed by atoms with van der Waals surface area (Å²) in [4.78, 5) is 30.0. The molecule has 1 aromatic rings. The molecule has 0 radical (unpaired) electrons. The van der Waals surface area contributed by atoms with Gasteiger partial charge in [-0.05, 0) is 54.9 Å². The summed E-state index contributed by atoms with van der Waals surface area (Å²) >= 11 is 0. The molecule has 23 heavy (non-hydrogen) atoms. The summed E-state index contributed by atoms with van der Waals surface area (Å²) in [5, 5.41) is 0. The summed E-state index contributed by atoms with van der Waals surface area (Å²) in [7, 11) is 0. The Hall–Kier alpha value is -1.72. The van der Waals surface area contributed by atoms with E-state index in [1.165, 1.54) is 0 Å². The summed E-state index contributed by atoms with van der Waals surface area (Å²) in [5.74, 6) is 5.77. The normalized spacial score (nSPS) is 26.3. The molecule has 0 unspecified atom stereocenters. The van der Waals surface area contributed by atoms with Gasteiger partial charge in [-0.3, -0.25) is 9.59 Å². The van der Waals surface area contributed by atoms with Crippen LogP contribution in [0, 0.1) is 18.8 Å². The first-order valence-electron chi connectivity index (χ1n) is 8.20. The van der Waals surface area contributed by atoms with Gasteiger partial charge in [-0.2, -0.15) is 5.90 Å². The van der Waals surface area contributed by atoms with Crippen LogP contribution in [0.5, 0.6) is 5.75 Å². The quantitative estimate of drug-likeness (QED) is 0.683. The fourth-order valence-electron chi connectivity index (χ4n) is 3.92. The van der Waals surface area contributed by atoms with Crippen LogP contribution in [0.3, 0.4) is 0 Å². The molecule has 1 aromatic carbocycles. The van der Waals surface area contributed by atoms with Crippen LogP contribution in [0.15, 0.2) is 18.2 Å². The highest BCUT2D eigenvalue weighted by Gasteiger charge is 2.40. The van der Waals surface area contributed by atoms with Gasteiger partial charge in [-0.15, -0.1) is 0 Å². The van der Waals surface area contributed by atoms with Crippen molar-refractivity contribution in [2.75, 3.05) is 13.2 Å². The highest BCUT2D eigenvalue weighted by atomic mass is 16.6. The Balaban J connectivity index is 1.77. The molecule has 124 valence electrons. The van der Waals surface area contributed by atoms with Crippen LogP contribution in [0.4, 0.5) is 0 Å². The van der Waals surface area contributed by atoms with Crippen molar-refractivity contribution in [1.29, 1.82) is 0 Å². The van der Waals surface area contributed by atoms with Crippen LogP contribution < -0.4 is 10.7 Å². The molecule has 0 atom stereocenters. The first-order valence-corrected chi connectivity index (χ1v) is 8.20. The molecule has 1 saturated carbocycles. The van der Waals surface area contributed by atoms with Gasteiger partial charge < -0.3 is 9.57 Å². The number of benzene rings is 1. The molecule has 0 aromatic heterocycles. The zero-order chi connectivity index (χ0) is 16.4. The minimum absolute atomic E-state index is 0.0438. The van der Waals surface area contributed by atoms with Crippen molar-refractivity contribution >= 4 is 11.6 Å². The molecule has 0 bridgehead atoms. The fourth-order valence-corrected chi connectivity index (χ4v) is 3.92. The van der Waals surface area contributed by atoms with E-state index < -0.39 is 5.92 Å². The number of hydrogen-bond donors (Lipinski definition) is 1. The molecule has 0 amide bonds. The van der Waals surface area contributed by atoms with Gasteiger partial charge in [0.1, 0.15) is 23.2 Å². The maximum Gasteiger partial charge on any atom is 0.148 e. The smallest absolute Gasteiger partial charge is 0.148 e. The molecule has 3 rings (SSSR count). The molecule has 1 heterocycles. The number of aryl methyl sites for hydroxylation is 1. The second-order valence-electron chi connectivity index (χ2n) is 6.62. The Labute approximate surface area is 136 Å². The third-order valence-electron chi connectivity index (χ3n) is 5.19. The van der Waals surface area contributed by atoms with Crippen LogP contribution in [0.1, 0.15) is 42.7 Å². The van der Waals surface area contributed by atoms with Gasteiger partial charge in [0.2, 0.25) is 0 Å². The molecule has 2 fully saturated rings. The Morgan fingerprint density at radius 1 is 1.09 bits per heavy atom. The fraction of sp³-hybridized carbons (Fsp3) is 0.556. The van der Waals surface area contributed by atoms with Gasteiger partial charge in [0.05, 0.1) is 0 Å². The molecule has 2 aliphatic rings. The summed E-state index contributed by atoms with van der Waals surface area (Å²) < 4.78 is 5.38. The molecule has 5 nitrogen and oxygen atoms in total. The monoisotopic (exact) mass is 317 g/mol. The van der Waals surface area contributed by atoms with E-state index in [-0.39, 0.29) is 17.5 Å². The van der Waals surface area contributed by atoms with Crippen LogP contribution in [-0.4, -0.2) is 24.8 Å². The highest BCUT2D eigenvalue weighted by molar-refractivity contribution is 6.10. The second kappa shape index (κ2) is 6.81. The molecule has 1 aliphatic carbocycles. The SMILES string of the molecule is Cc1cc(ON)ccc1C1C(=O)CC(C2CCOCC2)CC1=O. The first kappa shape index (κ1) is 16.1. The molecule has 1 saturated heterocycles. The summed E-state index contributed by atoms with van der Waals surface area (Å²) in [6.45, 7) is 3.36. The molecule has 0 spiro atoms. The highest BCUT2D eigenvalue weighted by Crippen LogP contribution is 2.38. The lowest BCUT2D eigenvalue weighted by Gasteiger charge is -2.34. The van der Waals surface area contributed by atoms with Crippen LogP contribution >= 0.6 is 0 Å². The van der Waals surface area contributed by atoms with E-state index >= 15 is 0 Å². The van der Waals surface area contributed by atoms with E-state index in [9.17, 15) is 9.59 Å². The van der Waals surface area contributed by atoms with Crippen LogP contribution in [0.25, 0.3) is 0 Å². The largest absolute Gasteiger partial charge is 0.412 e. The van der Waals surface area contributed by atoms with E-state index in [0.717, 1.165) is 37.2 Å². The molecular formula is C18H23NO4. The third kappa shape index (κ3) is 3.31. The number of carbonyl (C=O) groups excluding carboxylic acids is 2. The molecule has 5 heteroatoms. The maximum atomic E-state index is 12.7. The van der Waals surface area contributed by atoms with Gasteiger partial charge >= 0.3 is 0 Å². The van der Waals surface area contributed by atoms with Gasteiger partial charge in [-0.25, -0.2) is 0 Å². The number of ketones is 2. The van der Waals surface area contributed by atoms with Crippen LogP contribution in [0.2, 0.25) is 0 Å². The van der Waals surface area contributed by atoms with Gasteiger partial charge in [-0.1, -0.05) is 6.07 Å². The topological polar surface area (TPSA) is 78.6 Å². The number of ether oxygens (including phenoxy) is 1. The van der Waals surface area contributed by atoms with Crippen molar-refractivity contribution in [3.05, 3.63) is 29.3 Å². The number of Topliss-reactive ketones (excluding diaryl/α,β-unsaturated/α-hetero) is 2. The van der Waals surface area contributed by atoms with Crippen molar-refractivity contribution in [3.63, 3.8) is 0 Å². The number of nitrogens with two attached hydrogens (primary N) is 1. The lowest BCUT2D eigenvalue weighted by atomic mass is 9.70. The molecule has 2 N–H and O–H groups in total. The summed E-state index contributed by atoms with van der Waals surface area (Å²) in [5.41, 5.74) is 1.65. The van der Waals surface area contributed by atoms with E-state index in [1.807, 2.05) is 6.92 Å². The average molecular weight is 317 g/mol. The number of hydrogen-bond acceptors (Lipinski definition) is 5. The minimum atomic E-state index is -0.627. The second-order valence-corrected chi connectivity index (χ2v) is 6.62. The Kier molecular flexibility index (Phi) is 4.78. The lowest BCUT2D eigenvalue weighted by molar-refractivity contribution is -0.135. The zero-order valence-electron chi connectivity index (χ0n) is 13.4.